The number of ether oxygens (including phenoxy) is 2. The largest absolute Gasteiger partial charge is 0.493 e. The first-order valence-electron chi connectivity index (χ1n) is 8.69. The Morgan fingerprint density at radius 2 is 1.86 bits per heavy atom. The lowest BCUT2D eigenvalue weighted by Crippen LogP contribution is -2.13. The van der Waals surface area contributed by atoms with Crippen LogP contribution in [0.4, 0.5) is 5.13 Å². The van der Waals surface area contributed by atoms with Gasteiger partial charge in [-0.3, -0.25) is 10.1 Å². The SMILES string of the molecule is COc1ccc(-c2csc(NC(=O)c3nc4nc(C)cc(C)n4n3)n2)cc1OC. The number of nitrogens with zero attached hydrogens (tertiary/aromatic N) is 5. The van der Waals surface area contributed by atoms with E-state index in [1.165, 1.54) is 11.3 Å². The Balaban J connectivity index is 1.56. The molecule has 0 aliphatic heterocycles. The number of thiazole rings is 1. The molecule has 0 aliphatic rings. The van der Waals surface area contributed by atoms with Crippen LogP contribution in [0.3, 0.4) is 0 Å². The van der Waals surface area contributed by atoms with Crippen LogP contribution in [0.25, 0.3) is 17.0 Å². The van der Waals surface area contributed by atoms with Crippen molar-refractivity contribution in [2.45, 2.75) is 13.8 Å². The van der Waals surface area contributed by atoms with Gasteiger partial charge in [0, 0.05) is 22.3 Å². The van der Waals surface area contributed by atoms with Gasteiger partial charge in [0.15, 0.2) is 16.6 Å². The molecule has 3 aromatic heterocycles. The van der Waals surface area contributed by atoms with E-state index < -0.39 is 5.91 Å². The number of methoxy groups -OCH3 is 2. The standard InChI is InChI=1S/C19H18N6O3S/c1-10-7-11(2)25-18(20-10)22-16(24-25)17(26)23-19-21-13(9-29-19)12-5-6-14(27-3)15(8-12)28-4/h5-9H,1-4H3,(H,21,23,26). The molecule has 0 unspecified atom stereocenters. The Kier molecular flexibility index (Phi) is 4.85. The van der Waals surface area contributed by atoms with Crippen molar-refractivity contribution in [2.24, 2.45) is 0 Å². The highest BCUT2D eigenvalue weighted by Crippen LogP contribution is 2.33. The van der Waals surface area contributed by atoms with Crippen molar-refractivity contribution in [3.8, 4) is 22.8 Å². The smallest absolute Gasteiger partial charge is 0.297 e. The highest BCUT2D eigenvalue weighted by atomic mass is 32.1. The molecule has 1 aromatic carbocycles. The van der Waals surface area contributed by atoms with Crippen molar-refractivity contribution in [3.63, 3.8) is 0 Å². The lowest BCUT2D eigenvalue weighted by atomic mass is 10.1. The molecule has 0 saturated heterocycles. The normalized spacial score (nSPS) is 10.9. The summed E-state index contributed by atoms with van der Waals surface area (Å²) in [4.78, 5) is 25.5. The molecule has 0 saturated carbocycles. The van der Waals surface area contributed by atoms with Crippen LogP contribution in [0, 0.1) is 13.8 Å². The maximum Gasteiger partial charge on any atom is 0.297 e. The molecule has 1 amide bonds. The zero-order chi connectivity index (χ0) is 20.5. The average Bonchev–Trinajstić information content (AvgIpc) is 3.34. The van der Waals surface area contributed by atoms with E-state index in [1.807, 2.05) is 43.5 Å². The van der Waals surface area contributed by atoms with Crippen LogP contribution >= 0.6 is 11.3 Å². The summed E-state index contributed by atoms with van der Waals surface area (Å²) in [7, 11) is 3.16. The first kappa shape index (κ1) is 18.8. The third kappa shape index (κ3) is 3.61. The molecule has 4 aromatic rings. The van der Waals surface area contributed by atoms with E-state index >= 15 is 0 Å². The van der Waals surface area contributed by atoms with Crippen molar-refractivity contribution >= 4 is 28.2 Å². The molecule has 0 spiro atoms. The van der Waals surface area contributed by atoms with Gasteiger partial charge >= 0.3 is 0 Å². The van der Waals surface area contributed by atoms with Gasteiger partial charge in [-0.05, 0) is 38.1 Å². The van der Waals surface area contributed by atoms with E-state index in [9.17, 15) is 4.79 Å². The van der Waals surface area contributed by atoms with E-state index in [0.29, 0.717) is 28.1 Å². The number of aryl methyl sites for hydroxylation is 2. The number of anilines is 1. The van der Waals surface area contributed by atoms with Crippen molar-refractivity contribution in [1.82, 2.24) is 24.6 Å². The van der Waals surface area contributed by atoms with Crippen LogP contribution in [0.5, 0.6) is 11.5 Å². The predicted octanol–water partition coefficient (Wildman–Crippen LogP) is 3.13. The second-order valence-corrected chi connectivity index (χ2v) is 7.11. The molecule has 10 heteroatoms. The van der Waals surface area contributed by atoms with E-state index in [-0.39, 0.29) is 5.82 Å². The van der Waals surface area contributed by atoms with Crippen molar-refractivity contribution in [3.05, 3.63) is 46.9 Å². The maximum absolute atomic E-state index is 12.6. The number of hydrogen-bond acceptors (Lipinski definition) is 8. The fourth-order valence-electron chi connectivity index (χ4n) is 2.87. The van der Waals surface area contributed by atoms with Gasteiger partial charge in [-0.15, -0.1) is 16.4 Å². The lowest BCUT2D eigenvalue weighted by Gasteiger charge is -2.08. The number of amides is 1. The number of fused-ring (bicyclic) bond motifs is 1. The molecular formula is C19H18N6O3S. The van der Waals surface area contributed by atoms with Gasteiger partial charge in [0.05, 0.1) is 19.9 Å². The van der Waals surface area contributed by atoms with E-state index in [1.54, 1.807) is 18.7 Å². The van der Waals surface area contributed by atoms with E-state index in [4.69, 9.17) is 9.47 Å². The molecule has 0 bridgehead atoms. The number of rotatable bonds is 5. The highest BCUT2D eigenvalue weighted by Gasteiger charge is 2.17. The Morgan fingerprint density at radius 3 is 2.62 bits per heavy atom. The molecule has 4 rings (SSSR count). The third-order valence-electron chi connectivity index (χ3n) is 4.23. The van der Waals surface area contributed by atoms with Crippen molar-refractivity contribution in [2.75, 3.05) is 19.5 Å². The highest BCUT2D eigenvalue weighted by molar-refractivity contribution is 7.14. The fourth-order valence-corrected chi connectivity index (χ4v) is 3.59. The Bertz CT molecular complexity index is 1220. The number of carbonyl (C=O) groups is 1. The van der Waals surface area contributed by atoms with Gasteiger partial charge in [-0.2, -0.15) is 4.98 Å². The quantitative estimate of drug-likeness (QED) is 0.539. The van der Waals surface area contributed by atoms with Gasteiger partial charge in [-0.1, -0.05) is 0 Å². The summed E-state index contributed by atoms with van der Waals surface area (Å²) in [6.07, 6.45) is 0. The minimum atomic E-state index is -0.444. The molecular weight excluding hydrogens is 392 g/mol. The second kappa shape index (κ2) is 7.47. The molecule has 9 nitrogen and oxygen atoms in total. The fraction of sp³-hybridized carbons (Fsp3) is 0.211. The van der Waals surface area contributed by atoms with Crippen molar-refractivity contribution < 1.29 is 14.3 Å². The van der Waals surface area contributed by atoms with Gasteiger partial charge in [0.2, 0.25) is 5.82 Å². The average molecular weight is 410 g/mol. The summed E-state index contributed by atoms with van der Waals surface area (Å²) in [5.41, 5.74) is 3.22. The first-order chi connectivity index (χ1) is 14.0. The molecule has 0 radical (unpaired) electrons. The molecule has 3 heterocycles. The second-order valence-electron chi connectivity index (χ2n) is 6.25. The molecule has 1 N–H and O–H groups in total. The van der Waals surface area contributed by atoms with Crippen LogP contribution in [-0.4, -0.2) is 44.7 Å². The summed E-state index contributed by atoms with van der Waals surface area (Å²) in [6, 6.07) is 7.39. The summed E-state index contributed by atoms with van der Waals surface area (Å²) in [6.45, 7) is 3.75. The van der Waals surface area contributed by atoms with Gasteiger partial charge in [-0.25, -0.2) is 14.5 Å². The Morgan fingerprint density at radius 1 is 1.07 bits per heavy atom. The Labute approximate surface area is 170 Å². The van der Waals surface area contributed by atoms with Crippen molar-refractivity contribution in [1.29, 1.82) is 0 Å². The third-order valence-corrected chi connectivity index (χ3v) is 4.98. The minimum absolute atomic E-state index is 0.0362. The van der Waals surface area contributed by atoms with E-state index in [2.05, 4.69) is 25.4 Å². The number of nitrogens with one attached hydrogen (secondary N) is 1. The Hall–Kier alpha value is -3.53. The summed E-state index contributed by atoms with van der Waals surface area (Å²) in [5, 5.41) is 9.27. The van der Waals surface area contributed by atoms with Gasteiger partial charge < -0.3 is 9.47 Å². The molecule has 29 heavy (non-hydrogen) atoms. The van der Waals surface area contributed by atoms with Crippen LogP contribution in [-0.2, 0) is 0 Å². The summed E-state index contributed by atoms with van der Waals surface area (Å²) < 4.78 is 12.1. The van der Waals surface area contributed by atoms with E-state index in [0.717, 1.165) is 17.0 Å². The molecule has 0 atom stereocenters. The molecule has 0 fully saturated rings. The summed E-state index contributed by atoms with van der Waals surface area (Å²) >= 11 is 1.31. The van der Waals surface area contributed by atoms with Crippen LogP contribution in [0.2, 0.25) is 0 Å². The van der Waals surface area contributed by atoms with Crippen LogP contribution < -0.4 is 14.8 Å². The van der Waals surface area contributed by atoms with Crippen LogP contribution in [0.1, 0.15) is 22.0 Å². The number of carbonyl (C=O) groups excluding carboxylic acids is 1. The van der Waals surface area contributed by atoms with Crippen LogP contribution in [0.15, 0.2) is 29.6 Å². The zero-order valence-corrected chi connectivity index (χ0v) is 17.1. The topological polar surface area (TPSA) is 104 Å². The first-order valence-corrected chi connectivity index (χ1v) is 9.56. The predicted molar refractivity (Wildman–Crippen MR) is 109 cm³/mol. The number of hydrogen-bond donors (Lipinski definition) is 1. The maximum atomic E-state index is 12.6. The van der Waals surface area contributed by atoms with Gasteiger partial charge in [0.25, 0.3) is 11.7 Å². The molecule has 0 aliphatic carbocycles. The monoisotopic (exact) mass is 410 g/mol. The minimum Gasteiger partial charge on any atom is -0.493 e. The molecule has 148 valence electrons. The summed E-state index contributed by atoms with van der Waals surface area (Å²) in [5.74, 6) is 1.22. The van der Waals surface area contributed by atoms with Gasteiger partial charge in [0.1, 0.15) is 0 Å². The number of benzene rings is 1. The lowest BCUT2D eigenvalue weighted by molar-refractivity contribution is 0.101. The number of aromatic nitrogens is 5. The zero-order valence-electron chi connectivity index (χ0n) is 16.3.